The van der Waals surface area contributed by atoms with Crippen molar-refractivity contribution in [1.29, 1.82) is 0 Å². The number of carbonyl (C=O) groups excluding carboxylic acids is 2. The Labute approximate surface area is 164 Å². The van der Waals surface area contributed by atoms with Crippen molar-refractivity contribution < 1.29 is 14.0 Å². The zero-order valence-electron chi connectivity index (χ0n) is 16.3. The molecule has 2 amide bonds. The summed E-state index contributed by atoms with van der Waals surface area (Å²) in [6.07, 6.45) is 1.56. The van der Waals surface area contributed by atoms with E-state index in [9.17, 15) is 9.59 Å². The summed E-state index contributed by atoms with van der Waals surface area (Å²) in [7, 11) is 0. The van der Waals surface area contributed by atoms with Crippen LogP contribution in [-0.4, -0.2) is 11.8 Å². The summed E-state index contributed by atoms with van der Waals surface area (Å²) in [5.41, 5.74) is 2.58. The lowest BCUT2D eigenvalue weighted by atomic mass is 9.86. The number of benzene rings is 2. The number of anilines is 1. The van der Waals surface area contributed by atoms with Gasteiger partial charge in [0.25, 0.3) is 11.8 Å². The van der Waals surface area contributed by atoms with Gasteiger partial charge in [0.15, 0.2) is 0 Å². The Kier molecular flexibility index (Phi) is 5.64. The Morgan fingerprint density at radius 2 is 1.61 bits per heavy atom. The maximum Gasteiger partial charge on any atom is 0.255 e. The second kappa shape index (κ2) is 8.13. The van der Waals surface area contributed by atoms with Crippen LogP contribution in [0.5, 0.6) is 0 Å². The van der Waals surface area contributed by atoms with Crippen molar-refractivity contribution in [2.45, 2.75) is 32.7 Å². The Hall–Kier alpha value is -3.34. The van der Waals surface area contributed by atoms with Gasteiger partial charge in [0.1, 0.15) is 5.76 Å². The lowest BCUT2D eigenvalue weighted by Gasteiger charge is -2.19. The standard InChI is InChI=1S/C23H24N2O3/c1-23(2,3)17-12-10-16(11-13-17)21(26)25-20-9-5-4-8-19(20)22(27)24-15-18-7-6-14-28-18/h4-14H,15H2,1-3H3,(H,24,27)(H,25,26). The molecule has 0 unspecified atom stereocenters. The third-order valence-corrected chi connectivity index (χ3v) is 4.44. The molecule has 3 rings (SSSR count). The van der Waals surface area contributed by atoms with E-state index in [2.05, 4.69) is 31.4 Å². The second-order valence-electron chi connectivity index (χ2n) is 7.59. The zero-order valence-corrected chi connectivity index (χ0v) is 16.3. The zero-order chi connectivity index (χ0) is 20.1. The maximum atomic E-state index is 12.6. The van der Waals surface area contributed by atoms with E-state index in [-0.39, 0.29) is 23.8 Å². The van der Waals surface area contributed by atoms with Crippen molar-refractivity contribution in [3.05, 3.63) is 89.4 Å². The first-order valence-electron chi connectivity index (χ1n) is 9.16. The largest absolute Gasteiger partial charge is 0.467 e. The highest BCUT2D eigenvalue weighted by Crippen LogP contribution is 2.23. The van der Waals surface area contributed by atoms with Gasteiger partial charge < -0.3 is 15.1 Å². The SMILES string of the molecule is CC(C)(C)c1ccc(C(=O)Nc2ccccc2C(=O)NCc2ccco2)cc1. The molecule has 2 aromatic carbocycles. The van der Waals surface area contributed by atoms with Crippen LogP contribution in [0.1, 0.15) is 52.8 Å². The number of rotatable bonds is 5. The first-order valence-corrected chi connectivity index (χ1v) is 9.16. The van der Waals surface area contributed by atoms with Gasteiger partial charge in [-0.1, -0.05) is 45.0 Å². The molecular formula is C23H24N2O3. The van der Waals surface area contributed by atoms with Crippen LogP contribution in [0.3, 0.4) is 0 Å². The summed E-state index contributed by atoms with van der Waals surface area (Å²) in [5.74, 6) is 0.121. The summed E-state index contributed by atoms with van der Waals surface area (Å²) in [5, 5.41) is 5.63. The molecule has 1 heterocycles. The average Bonchev–Trinajstić information content (AvgIpc) is 3.19. The Morgan fingerprint density at radius 1 is 0.893 bits per heavy atom. The Bertz CT molecular complexity index is 952. The van der Waals surface area contributed by atoms with Crippen LogP contribution in [0.2, 0.25) is 0 Å². The average molecular weight is 376 g/mol. The number of para-hydroxylation sites is 1. The summed E-state index contributed by atoms with van der Waals surface area (Å²) >= 11 is 0. The highest BCUT2D eigenvalue weighted by atomic mass is 16.3. The van der Waals surface area contributed by atoms with Crippen LogP contribution in [-0.2, 0) is 12.0 Å². The third-order valence-electron chi connectivity index (χ3n) is 4.44. The maximum absolute atomic E-state index is 12.6. The molecule has 0 aliphatic rings. The van der Waals surface area contributed by atoms with Crippen LogP contribution in [0.15, 0.2) is 71.3 Å². The second-order valence-corrected chi connectivity index (χ2v) is 7.59. The van der Waals surface area contributed by atoms with Crippen molar-refractivity contribution >= 4 is 17.5 Å². The van der Waals surface area contributed by atoms with Gasteiger partial charge in [-0.15, -0.1) is 0 Å². The van der Waals surface area contributed by atoms with E-state index in [1.807, 2.05) is 12.1 Å². The van der Waals surface area contributed by atoms with Gasteiger partial charge in [-0.25, -0.2) is 0 Å². The molecule has 2 N–H and O–H groups in total. The van der Waals surface area contributed by atoms with Gasteiger partial charge >= 0.3 is 0 Å². The highest BCUT2D eigenvalue weighted by molar-refractivity contribution is 6.09. The summed E-state index contributed by atoms with van der Waals surface area (Å²) < 4.78 is 5.22. The molecule has 28 heavy (non-hydrogen) atoms. The molecule has 5 nitrogen and oxygen atoms in total. The van der Waals surface area contributed by atoms with Crippen molar-refractivity contribution in [3.8, 4) is 0 Å². The predicted octanol–water partition coefficient (Wildman–Crippen LogP) is 4.76. The van der Waals surface area contributed by atoms with Crippen LogP contribution in [0, 0.1) is 0 Å². The van der Waals surface area contributed by atoms with Gasteiger partial charge in [-0.05, 0) is 47.4 Å². The molecule has 0 aliphatic carbocycles. The van der Waals surface area contributed by atoms with Gasteiger partial charge in [0.05, 0.1) is 24.1 Å². The number of nitrogens with one attached hydrogen (secondary N) is 2. The summed E-state index contributed by atoms with van der Waals surface area (Å²) in [6, 6.07) is 18.0. The van der Waals surface area contributed by atoms with Gasteiger partial charge in [0, 0.05) is 5.56 Å². The van der Waals surface area contributed by atoms with Crippen molar-refractivity contribution in [3.63, 3.8) is 0 Å². The van der Waals surface area contributed by atoms with Crippen LogP contribution >= 0.6 is 0 Å². The fraction of sp³-hybridized carbons (Fsp3) is 0.217. The van der Waals surface area contributed by atoms with E-state index in [0.717, 1.165) is 5.56 Å². The fourth-order valence-electron chi connectivity index (χ4n) is 2.78. The molecule has 0 atom stereocenters. The lowest BCUT2D eigenvalue weighted by molar-refractivity contribution is 0.0949. The molecule has 0 saturated carbocycles. The molecule has 3 aromatic rings. The molecule has 5 heteroatoms. The Balaban J connectivity index is 1.72. The molecule has 1 aromatic heterocycles. The van der Waals surface area contributed by atoms with E-state index >= 15 is 0 Å². The normalized spacial score (nSPS) is 11.1. The summed E-state index contributed by atoms with van der Waals surface area (Å²) in [4.78, 5) is 25.2. The number of hydrogen-bond donors (Lipinski definition) is 2. The molecule has 0 spiro atoms. The minimum absolute atomic E-state index is 0.0215. The molecular weight excluding hydrogens is 352 g/mol. The Morgan fingerprint density at radius 3 is 2.25 bits per heavy atom. The van der Waals surface area contributed by atoms with E-state index < -0.39 is 0 Å². The van der Waals surface area contributed by atoms with Crippen LogP contribution in [0.25, 0.3) is 0 Å². The molecule has 0 fully saturated rings. The minimum atomic E-state index is -0.282. The first kappa shape index (κ1) is 19.4. The van der Waals surface area contributed by atoms with Crippen molar-refractivity contribution in [2.75, 3.05) is 5.32 Å². The lowest BCUT2D eigenvalue weighted by Crippen LogP contribution is -2.24. The molecule has 0 bridgehead atoms. The van der Waals surface area contributed by atoms with E-state index in [1.54, 1.807) is 54.8 Å². The fourth-order valence-corrected chi connectivity index (χ4v) is 2.78. The van der Waals surface area contributed by atoms with Gasteiger partial charge in [-0.3, -0.25) is 9.59 Å². The topological polar surface area (TPSA) is 71.3 Å². The monoisotopic (exact) mass is 376 g/mol. The van der Waals surface area contributed by atoms with E-state index in [0.29, 0.717) is 22.6 Å². The number of furan rings is 1. The first-order chi connectivity index (χ1) is 13.3. The number of carbonyl (C=O) groups is 2. The van der Waals surface area contributed by atoms with E-state index in [4.69, 9.17) is 4.42 Å². The van der Waals surface area contributed by atoms with Crippen molar-refractivity contribution in [2.24, 2.45) is 0 Å². The van der Waals surface area contributed by atoms with Crippen molar-refractivity contribution in [1.82, 2.24) is 5.32 Å². The van der Waals surface area contributed by atoms with E-state index in [1.165, 1.54) is 0 Å². The minimum Gasteiger partial charge on any atom is -0.467 e. The van der Waals surface area contributed by atoms with Crippen LogP contribution < -0.4 is 10.6 Å². The molecule has 0 radical (unpaired) electrons. The molecule has 0 saturated heterocycles. The molecule has 0 aliphatic heterocycles. The van der Waals surface area contributed by atoms with Gasteiger partial charge in [-0.2, -0.15) is 0 Å². The van der Waals surface area contributed by atoms with Crippen LogP contribution in [0.4, 0.5) is 5.69 Å². The smallest absolute Gasteiger partial charge is 0.255 e. The third kappa shape index (κ3) is 4.68. The summed E-state index contributed by atoms with van der Waals surface area (Å²) in [6.45, 7) is 6.65. The highest BCUT2D eigenvalue weighted by Gasteiger charge is 2.16. The quantitative estimate of drug-likeness (QED) is 0.674. The number of amides is 2. The van der Waals surface area contributed by atoms with Gasteiger partial charge in [0.2, 0.25) is 0 Å². The predicted molar refractivity (Wildman–Crippen MR) is 109 cm³/mol. The molecule has 144 valence electrons. The number of hydrogen-bond acceptors (Lipinski definition) is 3.